The molecule has 1 aromatic carbocycles. The maximum Gasteiger partial charge on any atom is 0.263 e. The molecule has 2 N–H and O–H groups in total. The maximum atomic E-state index is 12.9. The number of amides is 1. The van der Waals surface area contributed by atoms with Gasteiger partial charge in [0.2, 0.25) is 0 Å². The Bertz CT molecular complexity index is 754. The van der Waals surface area contributed by atoms with Gasteiger partial charge in [0.25, 0.3) is 5.91 Å². The summed E-state index contributed by atoms with van der Waals surface area (Å²) in [5, 5.41) is 0.708. The zero-order chi connectivity index (χ0) is 18.5. The van der Waals surface area contributed by atoms with Gasteiger partial charge >= 0.3 is 0 Å². The molecule has 1 fully saturated rings. The molecule has 1 aromatic heterocycles. The third-order valence-electron chi connectivity index (χ3n) is 4.65. The van der Waals surface area contributed by atoms with Crippen molar-refractivity contribution in [2.24, 2.45) is 5.73 Å². The van der Waals surface area contributed by atoms with Crippen LogP contribution in [0, 0.1) is 6.92 Å². The van der Waals surface area contributed by atoms with E-state index in [1.807, 2.05) is 42.2 Å². The Hall–Kier alpha value is -1.40. The molecule has 0 bridgehead atoms. The van der Waals surface area contributed by atoms with E-state index in [9.17, 15) is 4.79 Å². The number of hydrogen-bond donors (Lipinski definition) is 1. The number of thiophene rings is 1. The molecule has 0 saturated carbocycles. The van der Waals surface area contributed by atoms with E-state index in [1.165, 1.54) is 0 Å². The summed E-state index contributed by atoms with van der Waals surface area (Å²) in [6.07, 6.45) is 2.92. The summed E-state index contributed by atoms with van der Waals surface area (Å²) in [6.45, 7) is 4.90. The molecule has 0 spiro atoms. The second kappa shape index (κ2) is 9.00. The Kier molecular flexibility index (Phi) is 6.70. The minimum atomic E-state index is 0.117. The summed E-state index contributed by atoms with van der Waals surface area (Å²) in [4.78, 5) is 16.7. The highest BCUT2D eigenvalue weighted by Crippen LogP contribution is 2.34. The first-order valence-electron chi connectivity index (χ1n) is 9.06. The van der Waals surface area contributed by atoms with Crippen molar-refractivity contribution in [1.82, 2.24) is 4.90 Å². The van der Waals surface area contributed by atoms with Gasteiger partial charge in [0, 0.05) is 29.6 Å². The minimum absolute atomic E-state index is 0.117. The van der Waals surface area contributed by atoms with Crippen LogP contribution in [0.5, 0.6) is 0 Å². The highest BCUT2D eigenvalue weighted by Gasteiger charge is 2.25. The van der Waals surface area contributed by atoms with Crippen LogP contribution in [0.4, 0.5) is 0 Å². The van der Waals surface area contributed by atoms with Crippen LogP contribution in [0.15, 0.2) is 30.3 Å². The molecule has 26 heavy (non-hydrogen) atoms. The van der Waals surface area contributed by atoms with Crippen LogP contribution in [-0.2, 0) is 4.74 Å². The fourth-order valence-corrected chi connectivity index (χ4v) is 4.55. The lowest BCUT2D eigenvalue weighted by molar-refractivity contribution is 0.00857. The van der Waals surface area contributed by atoms with Crippen molar-refractivity contribution in [3.63, 3.8) is 0 Å². The van der Waals surface area contributed by atoms with Crippen LogP contribution in [0.25, 0.3) is 10.4 Å². The van der Waals surface area contributed by atoms with E-state index in [4.69, 9.17) is 22.1 Å². The number of hydrogen-bond acceptors (Lipinski definition) is 4. The van der Waals surface area contributed by atoms with Crippen molar-refractivity contribution in [2.75, 3.05) is 26.2 Å². The fraction of sp³-hybridized carbons (Fsp3) is 0.450. The Balaban J connectivity index is 1.63. The highest BCUT2D eigenvalue weighted by atomic mass is 35.5. The molecule has 0 aliphatic carbocycles. The van der Waals surface area contributed by atoms with E-state index >= 15 is 0 Å². The topological polar surface area (TPSA) is 55.6 Å². The summed E-state index contributed by atoms with van der Waals surface area (Å²) < 4.78 is 5.82. The van der Waals surface area contributed by atoms with Gasteiger partial charge in [-0.2, -0.15) is 0 Å². The third-order valence-corrected chi connectivity index (χ3v) is 6.16. The number of ether oxygens (including phenoxy) is 1. The third kappa shape index (κ3) is 4.65. The number of carbonyl (C=O) groups is 1. The van der Waals surface area contributed by atoms with Crippen LogP contribution in [0.3, 0.4) is 0 Å². The van der Waals surface area contributed by atoms with Crippen LogP contribution < -0.4 is 5.73 Å². The van der Waals surface area contributed by atoms with Gasteiger partial charge in [0.1, 0.15) is 0 Å². The SMILES string of the molecule is Cc1cc(C(=O)N2CCC(OCCCN)CC2)sc1-c1cccc(Cl)c1. The number of likely N-dealkylation sites (tertiary alicyclic amines) is 1. The Labute approximate surface area is 163 Å². The average molecular weight is 393 g/mol. The number of rotatable bonds is 6. The van der Waals surface area contributed by atoms with Crippen molar-refractivity contribution in [1.29, 1.82) is 0 Å². The van der Waals surface area contributed by atoms with Crippen LogP contribution >= 0.6 is 22.9 Å². The summed E-state index contributed by atoms with van der Waals surface area (Å²) in [5.41, 5.74) is 7.67. The van der Waals surface area contributed by atoms with Gasteiger partial charge in [0.05, 0.1) is 11.0 Å². The van der Waals surface area contributed by atoms with Gasteiger partial charge in [-0.3, -0.25) is 4.79 Å². The van der Waals surface area contributed by atoms with E-state index in [0.29, 0.717) is 18.2 Å². The quantitative estimate of drug-likeness (QED) is 0.743. The van der Waals surface area contributed by atoms with E-state index in [0.717, 1.165) is 53.2 Å². The lowest BCUT2D eigenvalue weighted by Crippen LogP contribution is -2.40. The number of piperidine rings is 1. The molecule has 1 amide bonds. The molecule has 2 heterocycles. The largest absolute Gasteiger partial charge is 0.378 e. The molecular formula is C20H25ClN2O2S. The van der Waals surface area contributed by atoms with Gasteiger partial charge < -0.3 is 15.4 Å². The monoisotopic (exact) mass is 392 g/mol. The number of aryl methyl sites for hydroxylation is 1. The smallest absolute Gasteiger partial charge is 0.263 e. The first kappa shape index (κ1) is 19.4. The molecule has 0 atom stereocenters. The summed E-state index contributed by atoms with van der Waals surface area (Å²) in [7, 11) is 0. The Morgan fingerprint density at radius 1 is 1.35 bits per heavy atom. The number of benzene rings is 1. The van der Waals surface area contributed by atoms with Crippen molar-refractivity contribution >= 4 is 28.8 Å². The van der Waals surface area contributed by atoms with E-state index in [-0.39, 0.29) is 12.0 Å². The van der Waals surface area contributed by atoms with Crippen molar-refractivity contribution in [3.8, 4) is 10.4 Å². The van der Waals surface area contributed by atoms with Gasteiger partial charge in [-0.1, -0.05) is 23.7 Å². The number of halogens is 1. The maximum absolute atomic E-state index is 12.9. The van der Waals surface area contributed by atoms with Gasteiger partial charge in [-0.15, -0.1) is 11.3 Å². The zero-order valence-electron chi connectivity index (χ0n) is 15.0. The van der Waals surface area contributed by atoms with E-state index < -0.39 is 0 Å². The van der Waals surface area contributed by atoms with Crippen LogP contribution in [0.1, 0.15) is 34.5 Å². The molecule has 4 nitrogen and oxygen atoms in total. The molecule has 1 saturated heterocycles. The first-order chi connectivity index (χ1) is 12.6. The van der Waals surface area contributed by atoms with Crippen molar-refractivity contribution in [3.05, 3.63) is 45.8 Å². The predicted octanol–water partition coefficient (Wildman–Crippen LogP) is 4.35. The Morgan fingerprint density at radius 2 is 2.12 bits per heavy atom. The Morgan fingerprint density at radius 3 is 2.81 bits per heavy atom. The molecule has 1 aliphatic rings. The van der Waals surface area contributed by atoms with Crippen molar-refractivity contribution in [2.45, 2.75) is 32.3 Å². The number of nitrogens with zero attached hydrogens (tertiary/aromatic N) is 1. The molecular weight excluding hydrogens is 368 g/mol. The highest BCUT2D eigenvalue weighted by molar-refractivity contribution is 7.17. The second-order valence-corrected chi connectivity index (χ2v) is 8.13. The molecule has 0 unspecified atom stereocenters. The van der Waals surface area contributed by atoms with Crippen molar-refractivity contribution < 1.29 is 9.53 Å². The average Bonchev–Trinajstić information content (AvgIpc) is 3.04. The summed E-state index contributed by atoms with van der Waals surface area (Å²) in [6, 6.07) is 9.77. The van der Waals surface area contributed by atoms with Crippen LogP contribution in [-0.4, -0.2) is 43.2 Å². The molecule has 3 rings (SSSR count). The molecule has 1 aliphatic heterocycles. The summed E-state index contributed by atoms with van der Waals surface area (Å²) >= 11 is 7.65. The predicted molar refractivity (Wildman–Crippen MR) is 108 cm³/mol. The zero-order valence-corrected chi connectivity index (χ0v) is 16.6. The van der Waals surface area contributed by atoms with Gasteiger partial charge in [0.15, 0.2) is 0 Å². The normalized spacial score (nSPS) is 15.4. The number of carbonyl (C=O) groups excluding carboxylic acids is 1. The molecule has 2 aromatic rings. The minimum Gasteiger partial charge on any atom is -0.378 e. The lowest BCUT2D eigenvalue weighted by Gasteiger charge is -2.31. The molecule has 6 heteroatoms. The van der Waals surface area contributed by atoms with E-state index in [1.54, 1.807) is 11.3 Å². The summed E-state index contributed by atoms with van der Waals surface area (Å²) in [5.74, 6) is 0.117. The van der Waals surface area contributed by atoms with Crippen LogP contribution in [0.2, 0.25) is 5.02 Å². The van der Waals surface area contributed by atoms with Gasteiger partial charge in [-0.05, 0) is 62.1 Å². The molecule has 140 valence electrons. The molecule has 0 radical (unpaired) electrons. The van der Waals surface area contributed by atoms with E-state index in [2.05, 4.69) is 0 Å². The first-order valence-corrected chi connectivity index (χ1v) is 10.2. The second-order valence-electron chi connectivity index (χ2n) is 6.64. The standard InChI is InChI=1S/C20H25ClN2O2S/c1-14-12-18(26-19(14)15-4-2-5-16(21)13-15)20(24)23-9-6-17(7-10-23)25-11-3-8-22/h2,4-5,12-13,17H,3,6-11,22H2,1H3. The number of nitrogens with two attached hydrogens (primary N) is 1. The fourth-order valence-electron chi connectivity index (χ4n) is 3.22. The lowest BCUT2D eigenvalue weighted by atomic mass is 10.1. The van der Waals surface area contributed by atoms with Gasteiger partial charge in [-0.25, -0.2) is 0 Å².